The number of hydrogen-bond donors (Lipinski definition) is 1. The minimum atomic E-state index is -0.152. The lowest BCUT2D eigenvalue weighted by Crippen LogP contribution is -2.29. The van der Waals surface area contributed by atoms with Crippen LogP contribution in [0.15, 0.2) is 112 Å². The van der Waals surface area contributed by atoms with Gasteiger partial charge in [0.1, 0.15) is 0 Å². The smallest absolute Gasteiger partial charge is 0.255 e. The van der Waals surface area contributed by atoms with Gasteiger partial charge in [-0.3, -0.25) is 14.5 Å². The Morgan fingerprint density at radius 2 is 1.50 bits per heavy atom. The van der Waals surface area contributed by atoms with Gasteiger partial charge in [-0.05, 0) is 61.5 Å². The van der Waals surface area contributed by atoms with Gasteiger partial charge in [0.15, 0.2) is 0 Å². The predicted octanol–water partition coefficient (Wildman–Crippen LogP) is 7.17. The summed E-state index contributed by atoms with van der Waals surface area (Å²) in [7, 11) is 0. The fourth-order valence-electron chi connectivity index (χ4n) is 3.84. The van der Waals surface area contributed by atoms with Gasteiger partial charge >= 0.3 is 0 Å². The van der Waals surface area contributed by atoms with Gasteiger partial charge in [-0.25, -0.2) is 0 Å². The molecule has 4 aromatic rings. The lowest BCUT2D eigenvalue weighted by molar-refractivity contribution is -0.115. The van der Waals surface area contributed by atoms with Crippen molar-refractivity contribution >= 4 is 52.4 Å². The van der Waals surface area contributed by atoms with Crippen molar-refractivity contribution in [2.75, 3.05) is 16.0 Å². The van der Waals surface area contributed by atoms with Crippen molar-refractivity contribution in [2.45, 2.75) is 21.6 Å². The summed E-state index contributed by atoms with van der Waals surface area (Å²) in [5.41, 5.74) is 4.18. The predicted molar refractivity (Wildman–Crippen MR) is 140 cm³/mol. The van der Waals surface area contributed by atoms with E-state index in [-0.39, 0.29) is 17.6 Å². The zero-order valence-electron chi connectivity index (χ0n) is 18.5. The van der Waals surface area contributed by atoms with Crippen molar-refractivity contribution in [1.29, 1.82) is 0 Å². The van der Waals surface area contributed by atoms with Crippen molar-refractivity contribution in [3.63, 3.8) is 0 Å². The molecule has 0 atom stereocenters. The number of carbonyl (C=O) groups is 2. The van der Waals surface area contributed by atoms with Crippen LogP contribution >= 0.6 is 23.5 Å². The van der Waals surface area contributed by atoms with E-state index < -0.39 is 0 Å². The van der Waals surface area contributed by atoms with E-state index in [1.54, 1.807) is 17.8 Å². The molecule has 1 aliphatic heterocycles. The Morgan fingerprint density at radius 3 is 2.21 bits per heavy atom. The maximum atomic E-state index is 13.4. The van der Waals surface area contributed by atoms with Crippen LogP contribution in [0, 0.1) is 6.92 Å². The Morgan fingerprint density at radius 1 is 0.824 bits per heavy atom. The second-order valence-corrected chi connectivity index (χ2v) is 10.0. The van der Waals surface area contributed by atoms with E-state index in [9.17, 15) is 9.59 Å². The van der Waals surface area contributed by atoms with Gasteiger partial charge in [-0.2, -0.15) is 0 Å². The van der Waals surface area contributed by atoms with Crippen molar-refractivity contribution in [3.8, 4) is 0 Å². The first-order valence-corrected chi connectivity index (χ1v) is 12.7. The molecule has 0 radical (unpaired) electrons. The second kappa shape index (κ2) is 9.79. The first-order valence-electron chi connectivity index (χ1n) is 10.9. The minimum absolute atomic E-state index is 0.0133. The Kier molecular flexibility index (Phi) is 6.43. The zero-order chi connectivity index (χ0) is 23.5. The van der Waals surface area contributed by atoms with Crippen LogP contribution in [0.5, 0.6) is 0 Å². The number of rotatable bonds is 5. The average molecular weight is 483 g/mol. The van der Waals surface area contributed by atoms with Gasteiger partial charge in [0.25, 0.3) is 5.91 Å². The van der Waals surface area contributed by atoms with E-state index in [0.717, 1.165) is 31.6 Å². The van der Waals surface area contributed by atoms with Crippen LogP contribution in [0.4, 0.5) is 17.1 Å². The molecule has 5 rings (SSSR count). The highest BCUT2D eigenvalue weighted by Crippen LogP contribution is 2.48. The number of amides is 2. The summed E-state index contributed by atoms with van der Waals surface area (Å²) in [6.07, 6.45) is 0. The van der Waals surface area contributed by atoms with Gasteiger partial charge in [0, 0.05) is 25.9 Å². The third-order valence-electron chi connectivity index (χ3n) is 5.42. The number of carbonyl (C=O) groups excluding carboxylic acids is 2. The summed E-state index contributed by atoms with van der Waals surface area (Å²) in [6, 6.07) is 31.1. The molecule has 1 N–H and O–H groups in total. The van der Waals surface area contributed by atoms with E-state index in [1.165, 1.54) is 11.8 Å². The fourth-order valence-corrected chi connectivity index (χ4v) is 5.70. The standard InChI is InChI=1S/C28H22N2O2S2/c1-19-8-6-9-20(16-19)28(32)29-21-10-7-11-22(17-21)33-18-27(31)30-23-12-2-4-14-25(23)34-26-15-5-3-13-24(26)30/h2-17H,18H2,1H3,(H,29,32). The quantitative estimate of drug-likeness (QED) is 0.306. The highest BCUT2D eigenvalue weighted by atomic mass is 32.2. The van der Waals surface area contributed by atoms with Gasteiger partial charge in [0.2, 0.25) is 5.91 Å². The molecular formula is C28H22N2O2S2. The number of hydrogen-bond acceptors (Lipinski definition) is 4. The van der Waals surface area contributed by atoms with Crippen LogP contribution in [0.3, 0.4) is 0 Å². The molecule has 4 aromatic carbocycles. The number of aryl methyl sites for hydroxylation is 1. The van der Waals surface area contributed by atoms with Crippen LogP contribution in [-0.2, 0) is 4.79 Å². The molecule has 34 heavy (non-hydrogen) atoms. The molecular weight excluding hydrogens is 460 g/mol. The number of fused-ring (bicyclic) bond motifs is 2. The Balaban J connectivity index is 1.31. The monoisotopic (exact) mass is 482 g/mol. The molecule has 0 fully saturated rings. The summed E-state index contributed by atoms with van der Waals surface area (Å²) in [4.78, 5) is 30.9. The molecule has 0 aliphatic carbocycles. The van der Waals surface area contributed by atoms with Crippen LogP contribution in [0.25, 0.3) is 0 Å². The van der Waals surface area contributed by atoms with Crippen LogP contribution in [0.2, 0.25) is 0 Å². The third kappa shape index (κ3) is 4.74. The van der Waals surface area contributed by atoms with Gasteiger partial charge in [0.05, 0.1) is 17.1 Å². The average Bonchev–Trinajstić information content (AvgIpc) is 2.86. The lowest BCUT2D eigenvalue weighted by atomic mass is 10.1. The normalized spacial score (nSPS) is 12.0. The van der Waals surface area contributed by atoms with Crippen molar-refractivity contribution in [1.82, 2.24) is 0 Å². The molecule has 6 heteroatoms. The summed E-state index contributed by atoms with van der Waals surface area (Å²) in [5.74, 6) is 0.142. The zero-order valence-corrected chi connectivity index (χ0v) is 20.2. The van der Waals surface area contributed by atoms with E-state index in [2.05, 4.69) is 5.32 Å². The van der Waals surface area contributed by atoms with E-state index in [0.29, 0.717) is 11.3 Å². The molecule has 2 amide bonds. The summed E-state index contributed by atoms with van der Waals surface area (Å²) >= 11 is 3.15. The fraction of sp³-hybridized carbons (Fsp3) is 0.0714. The third-order valence-corrected chi connectivity index (χ3v) is 7.52. The van der Waals surface area contributed by atoms with E-state index in [1.807, 2.05) is 103 Å². The summed E-state index contributed by atoms with van der Waals surface area (Å²) in [6.45, 7) is 1.96. The SMILES string of the molecule is Cc1cccc(C(=O)Nc2cccc(SCC(=O)N3c4ccccc4Sc4ccccc43)c2)c1. The number of benzene rings is 4. The Hall–Kier alpha value is -3.48. The Labute approximate surface area is 207 Å². The number of nitrogens with one attached hydrogen (secondary N) is 1. The van der Waals surface area contributed by atoms with Crippen LogP contribution < -0.4 is 10.2 Å². The molecule has 0 saturated carbocycles. The molecule has 0 unspecified atom stereocenters. The number of anilines is 3. The van der Waals surface area contributed by atoms with Gasteiger partial charge in [-0.1, -0.05) is 59.8 Å². The number of para-hydroxylation sites is 2. The largest absolute Gasteiger partial charge is 0.322 e. The molecule has 168 valence electrons. The van der Waals surface area contributed by atoms with Crippen molar-refractivity contribution in [3.05, 3.63) is 108 Å². The second-order valence-electron chi connectivity index (χ2n) is 7.91. The molecule has 0 spiro atoms. The van der Waals surface area contributed by atoms with Gasteiger partial charge < -0.3 is 5.32 Å². The molecule has 1 aliphatic rings. The first kappa shape index (κ1) is 22.3. The maximum Gasteiger partial charge on any atom is 0.255 e. The van der Waals surface area contributed by atoms with Crippen LogP contribution in [0.1, 0.15) is 15.9 Å². The number of nitrogens with zero attached hydrogens (tertiary/aromatic N) is 1. The van der Waals surface area contributed by atoms with Crippen LogP contribution in [-0.4, -0.2) is 17.6 Å². The van der Waals surface area contributed by atoms with Crippen molar-refractivity contribution < 1.29 is 9.59 Å². The van der Waals surface area contributed by atoms with Gasteiger partial charge in [-0.15, -0.1) is 11.8 Å². The maximum absolute atomic E-state index is 13.4. The molecule has 0 bridgehead atoms. The lowest BCUT2D eigenvalue weighted by Gasteiger charge is -2.31. The summed E-state index contributed by atoms with van der Waals surface area (Å²) < 4.78 is 0. The number of thioether (sulfide) groups is 1. The highest BCUT2D eigenvalue weighted by molar-refractivity contribution is 8.00. The van der Waals surface area contributed by atoms with E-state index >= 15 is 0 Å². The summed E-state index contributed by atoms with van der Waals surface area (Å²) in [5, 5.41) is 2.95. The minimum Gasteiger partial charge on any atom is -0.322 e. The molecule has 0 aromatic heterocycles. The highest BCUT2D eigenvalue weighted by Gasteiger charge is 2.27. The Bertz CT molecular complexity index is 1340. The molecule has 1 heterocycles. The van der Waals surface area contributed by atoms with Crippen molar-refractivity contribution in [2.24, 2.45) is 0 Å². The molecule has 0 saturated heterocycles. The topological polar surface area (TPSA) is 49.4 Å². The molecule has 4 nitrogen and oxygen atoms in total. The first-order chi connectivity index (χ1) is 16.6. The van der Waals surface area contributed by atoms with E-state index in [4.69, 9.17) is 0 Å².